The number of aromatic amines is 1. The molecule has 0 spiro atoms. The number of H-pyrrole nitrogens is 1. The van der Waals surface area contributed by atoms with Crippen LogP contribution >= 0.6 is 23.2 Å². The summed E-state index contributed by atoms with van der Waals surface area (Å²) in [6.45, 7) is -0.594. The minimum absolute atomic E-state index is 0.0296. The Labute approximate surface area is 109 Å². The van der Waals surface area contributed by atoms with E-state index < -0.39 is 23.8 Å². The molecule has 1 heterocycles. The van der Waals surface area contributed by atoms with Crippen LogP contribution in [-0.2, 0) is 11.3 Å². The number of aliphatic carboxylic acids is 1. The van der Waals surface area contributed by atoms with Gasteiger partial charge in [-0.15, -0.1) is 0 Å². The lowest BCUT2D eigenvalue weighted by Crippen LogP contribution is -2.32. The fraction of sp³-hybridized carbons (Fsp3) is 0.100. The van der Waals surface area contributed by atoms with E-state index in [-0.39, 0.29) is 20.9 Å². The molecule has 18 heavy (non-hydrogen) atoms. The van der Waals surface area contributed by atoms with Gasteiger partial charge in [-0.05, 0) is 12.1 Å². The summed E-state index contributed by atoms with van der Waals surface area (Å²) in [4.78, 5) is 35.9. The summed E-state index contributed by atoms with van der Waals surface area (Å²) in [5.74, 6) is -1.22. The van der Waals surface area contributed by atoms with Crippen LogP contribution in [0.2, 0.25) is 10.0 Å². The van der Waals surface area contributed by atoms with Crippen LogP contribution in [0.5, 0.6) is 0 Å². The Bertz CT molecular complexity index is 763. The third kappa shape index (κ3) is 2.12. The van der Waals surface area contributed by atoms with Gasteiger partial charge in [0.1, 0.15) is 6.54 Å². The van der Waals surface area contributed by atoms with Crippen molar-refractivity contribution in [2.24, 2.45) is 0 Å². The maximum Gasteiger partial charge on any atom is 0.329 e. The van der Waals surface area contributed by atoms with Crippen molar-refractivity contribution in [3.63, 3.8) is 0 Å². The Hall–Kier alpha value is -1.79. The number of carbonyl (C=O) groups is 1. The molecule has 1 aromatic carbocycles. The van der Waals surface area contributed by atoms with Crippen molar-refractivity contribution in [3.05, 3.63) is 43.0 Å². The molecular formula is C10H6Cl2N2O4. The molecule has 0 aliphatic rings. The normalized spacial score (nSPS) is 10.8. The number of carboxylic acids is 1. The van der Waals surface area contributed by atoms with Gasteiger partial charge in [-0.3, -0.25) is 19.1 Å². The van der Waals surface area contributed by atoms with Crippen molar-refractivity contribution >= 4 is 40.1 Å². The first kappa shape index (κ1) is 12.7. The maximum atomic E-state index is 11.6. The molecule has 0 aliphatic heterocycles. The summed E-state index contributed by atoms with van der Waals surface area (Å²) < 4.78 is 0.886. The third-order valence-electron chi connectivity index (χ3n) is 2.31. The lowest BCUT2D eigenvalue weighted by Gasteiger charge is -2.08. The average Bonchev–Trinajstić information content (AvgIpc) is 2.22. The van der Waals surface area contributed by atoms with E-state index in [9.17, 15) is 14.4 Å². The summed E-state index contributed by atoms with van der Waals surface area (Å²) in [6.07, 6.45) is 0. The molecule has 0 fully saturated rings. The lowest BCUT2D eigenvalue weighted by molar-refractivity contribution is -0.137. The second kappa shape index (κ2) is 4.47. The number of benzene rings is 1. The lowest BCUT2D eigenvalue weighted by atomic mass is 10.2. The maximum absolute atomic E-state index is 11.6. The SMILES string of the molecule is O=C(O)Cn1c(=O)[nH]c(=O)c2c(Cl)cc(Cl)cc21. The highest BCUT2D eigenvalue weighted by atomic mass is 35.5. The smallest absolute Gasteiger partial charge is 0.329 e. The topological polar surface area (TPSA) is 92.2 Å². The largest absolute Gasteiger partial charge is 0.480 e. The molecule has 2 aromatic rings. The molecule has 0 radical (unpaired) electrons. The summed E-state index contributed by atoms with van der Waals surface area (Å²) in [5.41, 5.74) is -1.42. The summed E-state index contributed by atoms with van der Waals surface area (Å²) in [5, 5.41) is 9.03. The van der Waals surface area contributed by atoms with E-state index in [1.54, 1.807) is 0 Å². The first-order valence-electron chi connectivity index (χ1n) is 4.74. The zero-order valence-corrected chi connectivity index (χ0v) is 10.2. The van der Waals surface area contributed by atoms with E-state index in [0.29, 0.717) is 0 Å². The molecule has 2 N–H and O–H groups in total. The molecule has 0 aliphatic carbocycles. The minimum Gasteiger partial charge on any atom is -0.480 e. The first-order valence-corrected chi connectivity index (χ1v) is 5.49. The minimum atomic E-state index is -1.22. The van der Waals surface area contributed by atoms with Gasteiger partial charge in [0, 0.05) is 5.02 Å². The van der Waals surface area contributed by atoms with Crippen molar-refractivity contribution in [2.75, 3.05) is 0 Å². The number of carboxylic acid groups (broad SMARTS) is 1. The second-order valence-corrected chi connectivity index (χ2v) is 4.36. The second-order valence-electron chi connectivity index (χ2n) is 3.52. The Morgan fingerprint density at radius 1 is 1.33 bits per heavy atom. The molecule has 0 amide bonds. The number of rotatable bonds is 2. The molecule has 8 heteroatoms. The molecule has 0 unspecified atom stereocenters. The Kier molecular flexibility index (Phi) is 3.14. The predicted molar refractivity (Wildman–Crippen MR) is 66.5 cm³/mol. The standard InChI is InChI=1S/C10H6Cl2N2O4/c11-4-1-5(12)8-6(2-4)14(3-7(15)16)10(18)13-9(8)17/h1-2H,3H2,(H,15,16)(H,13,17,18). The fourth-order valence-electron chi connectivity index (χ4n) is 1.63. The van der Waals surface area contributed by atoms with E-state index >= 15 is 0 Å². The number of nitrogens with zero attached hydrogens (tertiary/aromatic N) is 1. The number of halogens is 2. The summed E-state index contributed by atoms with van der Waals surface area (Å²) in [7, 11) is 0. The van der Waals surface area contributed by atoms with Crippen LogP contribution in [0.4, 0.5) is 0 Å². The average molecular weight is 289 g/mol. The molecule has 6 nitrogen and oxygen atoms in total. The third-order valence-corrected chi connectivity index (χ3v) is 2.83. The van der Waals surface area contributed by atoms with Gasteiger partial charge in [0.25, 0.3) is 5.56 Å². The van der Waals surface area contributed by atoms with Crippen LogP contribution in [0, 0.1) is 0 Å². The van der Waals surface area contributed by atoms with Crippen molar-refractivity contribution < 1.29 is 9.90 Å². The van der Waals surface area contributed by atoms with Gasteiger partial charge in [-0.25, -0.2) is 4.79 Å². The number of nitrogens with one attached hydrogen (secondary N) is 1. The van der Waals surface area contributed by atoms with E-state index in [1.807, 2.05) is 4.98 Å². The Balaban J connectivity index is 2.98. The van der Waals surface area contributed by atoms with Crippen LogP contribution in [-0.4, -0.2) is 20.6 Å². The van der Waals surface area contributed by atoms with Gasteiger partial charge in [0.15, 0.2) is 0 Å². The molecular weight excluding hydrogens is 283 g/mol. The molecule has 0 atom stereocenters. The first-order chi connectivity index (χ1) is 8.40. The van der Waals surface area contributed by atoms with Crippen molar-refractivity contribution in [2.45, 2.75) is 6.54 Å². The fourth-order valence-corrected chi connectivity index (χ4v) is 2.19. The van der Waals surface area contributed by atoms with E-state index in [4.69, 9.17) is 28.3 Å². The van der Waals surface area contributed by atoms with Gasteiger partial charge < -0.3 is 5.11 Å². The van der Waals surface area contributed by atoms with Crippen LogP contribution in [0.3, 0.4) is 0 Å². The predicted octanol–water partition coefficient (Wildman–Crippen LogP) is 1.08. The molecule has 94 valence electrons. The van der Waals surface area contributed by atoms with Gasteiger partial charge in [-0.2, -0.15) is 0 Å². The zero-order chi connectivity index (χ0) is 13.4. The highest BCUT2D eigenvalue weighted by molar-refractivity contribution is 6.38. The molecule has 1 aromatic heterocycles. The number of aromatic nitrogens is 2. The van der Waals surface area contributed by atoms with E-state index in [0.717, 1.165) is 4.57 Å². The highest BCUT2D eigenvalue weighted by Crippen LogP contribution is 2.24. The van der Waals surface area contributed by atoms with E-state index in [1.165, 1.54) is 12.1 Å². The van der Waals surface area contributed by atoms with Crippen LogP contribution in [0.25, 0.3) is 10.9 Å². The Morgan fingerprint density at radius 3 is 2.61 bits per heavy atom. The Morgan fingerprint density at radius 2 is 2.00 bits per heavy atom. The van der Waals surface area contributed by atoms with Gasteiger partial charge in [-0.1, -0.05) is 23.2 Å². The monoisotopic (exact) mass is 288 g/mol. The highest BCUT2D eigenvalue weighted by Gasteiger charge is 2.13. The van der Waals surface area contributed by atoms with E-state index in [2.05, 4.69) is 0 Å². The van der Waals surface area contributed by atoms with Gasteiger partial charge >= 0.3 is 11.7 Å². The zero-order valence-electron chi connectivity index (χ0n) is 8.74. The quantitative estimate of drug-likeness (QED) is 0.865. The number of hydrogen-bond acceptors (Lipinski definition) is 3. The number of hydrogen-bond donors (Lipinski definition) is 2. The van der Waals surface area contributed by atoms with Crippen LogP contribution < -0.4 is 11.2 Å². The van der Waals surface area contributed by atoms with Crippen molar-refractivity contribution in [1.82, 2.24) is 9.55 Å². The molecule has 0 saturated carbocycles. The van der Waals surface area contributed by atoms with Crippen LogP contribution in [0.15, 0.2) is 21.7 Å². The van der Waals surface area contributed by atoms with Gasteiger partial charge in [0.05, 0.1) is 15.9 Å². The summed E-state index contributed by atoms with van der Waals surface area (Å²) >= 11 is 11.6. The molecule has 2 rings (SSSR count). The molecule has 0 saturated heterocycles. The van der Waals surface area contributed by atoms with Crippen molar-refractivity contribution in [3.8, 4) is 0 Å². The van der Waals surface area contributed by atoms with Gasteiger partial charge in [0.2, 0.25) is 0 Å². The number of fused-ring (bicyclic) bond motifs is 1. The summed E-state index contributed by atoms with van der Waals surface area (Å²) in [6, 6.07) is 2.67. The van der Waals surface area contributed by atoms with Crippen molar-refractivity contribution in [1.29, 1.82) is 0 Å². The molecule has 0 bridgehead atoms. The van der Waals surface area contributed by atoms with Crippen LogP contribution in [0.1, 0.15) is 0 Å².